The van der Waals surface area contributed by atoms with E-state index in [1.54, 1.807) is 6.21 Å². The molecule has 1 amide bonds. The molecule has 1 N–H and O–H groups in total. The zero-order chi connectivity index (χ0) is 21.8. The molecule has 1 heterocycles. The number of nitro benzene ring substituents is 1. The highest BCUT2D eigenvalue weighted by Crippen LogP contribution is 2.21. The number of hydrogen-bond donors (Lipinski definition) is 1. The molecule has 4 aromatic rings. The topological polar surface area (TPSA) is 89.5 Å². The smallest absolute Gasteiger partial charge is 0.271 e. The van der Waals surface area contributed by atoms with E-state index in [0.717, 1.165) is 23.0 Å². The first-order chi connectivity index (χ1) is 15.0. The van der Waals surface area contributed by atoms with Crippen LogP contribution in [0.3, 0.4) is 0 Å². The fourth-order valence-corrected chi connectivity index (χ4v) is 3.50. The van der Waals surface area contributed by atoms with Crippen molar-refractivity contribution in [2.45, 2.75) is 13.5 Å². The molecule has 0 aliphatic heterocycles. The van der Waals surface area contributed by atoms with Crippen LogP contribution in [0.2, 0.25) is 0 Å². The molecule has 0 saturated carbocycles. The van der Waals surface area contributed by atoms with E-state index in [1.165, 1.54) is 35.4 Å². The van der Waals surface area contributed by atoms with E-state index >= 15 is 0 Å². The first-order valence-corrected chi connectivity index (χ1v) is 9.72. The lowest BCUT2D eigenvalue weighted by Crippen LogP contribution is -2.17. The van der Waals surface area contributed by atoms with Gasteiger partial charge in [0.25, 0.3) is 11.6 Å². The van der Waals surface area contributed by atoms with Gasteiger partial charge in [-0.05, 0) is 24.6 Å². The Morgan fingerprint density at radius 3 is 2.71 bits per heavy atom. The van der Waals surface area contributed by atoms with Crippen LogP contribution in [-0.2, 0) is 6.54 Å². The highest BCUT2D eigenvalue weighted by Gasteiger charge is 2.11. The van der Waals surface area contributed by atoms with Gasteiger partial charge in [-0.2, -0.15) is 5.10 Å². The van der Waals surface area contributed by atoms with E-state index < -0.39 is 10.8 Å². The summed E-state index contributed by atoms with van der Waals surface area (Å²) in [7, 11) is 0. The molecule has 0 radical (unpaired) electrons. The summed E-state index contributed by atoms with van der Waals surface area (Å²) >= 11 is 0. The summed E-state index contributed by atoms with van der Waals surface area (Å²) < 4.78 is 2.15. The van der Waals surface area contributed by atoms with Crippen LogP contribution >= 0.6 is 0 Å². The maximum absolute atomic E-state index is 12.3. The summed E-state index contributed by atoms with van der Waals surface area (Å²) in [6, 6.07) is 21.9. The van der Waals surface area contributed by atoms with E-state index in [0.29, 0.717) is 0 Å². The summed E-state index contributed by atoms with van der Waals surface area (Å²) in [6.07, 6.45) is 3.58. The molecule has 7 heteroatoms. The number of nitro groups is 1. The Morgan fingerprint density at radius 1 is 1.10 bits per heavy atom. The second-order valence-corrected chi connectivity index (χ2v) is 7.23. The van der Waals surface area contributed by atoms with Gasteiger partial charge in [0, 0.05) is 46.9 Å². The van der Waals surface area contributed by atoms with Crippen LogP contribution in [-0.4, -0.2) is 21.6 Å². The SMILES string of the molecule is Cc1cccc(Cn2cc(/C=N\NC(=O)c3cccc([N+](=O)[O-])c3)c3ccccc32)c1. The fourth-order valence-electron chi connectivity index (χ4n) is 3.50. The van der Waals surface area contributed by atoms with Crippen molar-refractivity contribution in [3.63, 3.8) is 0 Å². The highest BCUT2D eigenvalue weighted by atomic mass is 16.6. The Balaban J connectivity index is 1.56. The number of non-ortho nitro benzene ring substituents is 1. The molecule has 154 valence electrons. The normalized spacial score (nSPS) is 11.1. The number of hydrogen-bond acceptors (Lipinski definition) is 4. The molecule has 0 aliphatic carbocycles. The maximum Gasteiger partial charge on any atom is 0.271 e. The van der Waals surface area contributed by atoms with Crippen molar-refractivity contribution in [2.24, 2.45) is 5.10 Å². The second-order valence-electron chi connectivity index (χ2n) is 7.23. The number of carbonyl (C=O) groups excluding carboxylic acids is 1. The van der Waals surface area contributed by atoms with Gasteiger partial charge < -0.3 is 4.57 Å². The van der Waals surface area contributed by atoms with Crippen LogP contribution in [0.4, 0.5) is 5.69 Å². The average molecular weight is 412 g/mol. The molecule has 0 unspecified atom stereocenters. The lowest BCUT2D eigenvalue weighted by molar-refractivity contribution is -0.384. The van der Waals surface area contributed by atoms with Crippen LogP contribution in [0.15, 0.2) is 84.1 Å². The summed E-state index contributed by atoms with van der Waals surface area (Å²) in [5, 5.41) is 16.0. The van der Waals surface area contributed by atoms with E-state index in [2.05, 4.69) is 40.2 Å². The summed E-state index contributed by atoms with van der Waals surface area (Å²) in [5.74, 6) is -0.511. The fraction of sp³-hybridized carbons (Fsp3) is 0.0833. The Kier molecular flexibility index (Phi) is 5.57. The largest absolute Gasteiger partial charge is 0.342 e. The van der Waals surface area contributed by atoms with Gasteiger partial charge in [-0.15, -0.1) is 0 Å². The molecule has 0 spiro atoms. The predicted octanol–water partition coefficient (Wildman–Crippen LogP) is 4.67. The number of benzene rings is 3. The first-order valence-electron chi connectivity index (χ1n) is 9.72. The molecule has 1 aromatic heterocycles. The molecule has 3 aromatic carbocycles. The summed E-state index contributed by atoms with van der Waals surface area (Å²) in [4.78, 5) is 22.7. The number of fused-ring (bicyclic) bond motifs is 1. The third-order valence-corrected chi connectivity index (χ3v) is 4.94. The monoisotopic (exact) mass is 412 g/mol. The van der Waals surface area contributed by atoms with Crippen molar-refractivity contribution in [2.75, 3.05) is 0 Å². The number of nitrogens with one attached hydrogen (secondary N) is 1. The van der Waals surface area contributed by atoms with Gasteiger partial charge in [-0.25, -0.2) is 5.43 Å². The second kappa shape index (κ2) is 8.62. The standard InChI is InChI=1S/C24H20N4O3/c1-17-6-4-7-18(12-17)15-27-16-20(22-10-2-3-11-23(22)27)14-25-26-24(29)19-8-5-9-21(13-19)28(30)31/h2-14,16H,15H2,1H3,(H,26,29)/b25-14-. The predicted molar refractivity (Wildman–Crippen MR) is 120 cm³/mol. The Morgan fingerprint density at radius 2 is 1.90 bits per heavy atom. The zero-order valence-corrected chi connectivity index (χ0v) is 16.9. The number of rotatable bonds is 6. The molecular weight excluding hydrogens is 392 g/mol. The van der Waals surface area contributed by atoms with Crippen molar-refractivity contribution in [3.05, 3.63) is 111 Å². The van der Waals surface area contributed by atoms with Gasteiger partial charge in [-0.3, -0.25) is 14.9 Å². The van der Waals surface area contributed by atoms with E-state index in [9.17, 15) is 14.9 Å². The number of aromatic nitrogens is 1. The molecule has 0 saturated heterocycles. The van der Waals surface area contributed by atoms with Gasteiger partial charge in [0.1, 0.15) is 0 Å². The van der Waals surface area contributed by atoms with E-state index in [4.69, 9.17) is 0 Å². The average Bonchev–Trinajstić information content (AvgIpc) is 3.11. The molecule has 0 atom stereocenters. The lowest BCUT2D eigenvalue weighted by Gasteiger charge is -2.06. The Labute approximate surface area is 178 Å². The Hall–Kier alpha value is -4.26. The number of hydrazone groups is 1. The minimum Gasteiger partial charge on any atom is -0.342 e. The van der Waals surface area contributed by atoms with Crippen molar-refractivity contribution in [1.82, 2.24) is 9.99 Å². The van der Waals surface area contributed by atoms with Gasteiger partial charge in [0.15, 0.2) is 0 Å². The van der Waals surface area contributed by atoms with Crippen LogP contribution in [0.25, 0.3) is 10.9 Å². The van der Waals surface area contributed by atoms with Crippen LogP contribution in [0, 0.1) is 17.0 Å². The molecule has 4 rings (SSSR count). The molecule has 0 bridgehead atoms. The molecule has 31 heavy (non-hydrogen) atoms. The minimum absolute atomic E-state index is 0.143. The van der Waals surface area contributed by atoms with Crippen LogP contribution in [0.5, 0.6) is 0 Å². The number of para-hydroxylation sites is 1. The number of nitrogens with zero attached hydrogens (tertiary/aromatic N) is 3. The molecule has 0 aliphatic rings. The number of amides is 1. The van der Waals surface area contributed by atoms with Gasteiger partial charge in [-0.1, -0.05) is 54.1 Å². The van der Waals surface area contributed by atoms with Crippen molar-refractivity contribution >= 4 is 28.7 Å². The summed E-state index contributed by atoms with van der Waals surface area (Å²) in [5.41, 5.74) is 6.81. The highest BCUT2D eigenvalue weighted by molar-refractivity contribution is 6.00. The minimum atomic E-state index is -0.539. The zero-order valence-electron chi connectivity index (χ0n) is 16.9. The third-order valence-electron chi connectivity index (χ3n) is 4.94. The van der Waals surface area contributed by atoms with Gasteiger partial charge >= 0.3 is 0 Å². The lowest BCUT2D eigenvalue weighted by atomic mass is 10.1. The van der Waals surface area contributed by atoms with E-state index in [-0.39, 0.29) is 11.3 Å². The number of carbonyl (C=O) groups is 1. The molecule has 0 fully saturated rings. The van der Waals surface area contributed by atoms with E-state index in [1.807, 2.05) is 36.5 Å². The Bertz CT molecular complexity index is 1310. The molecular formula is C24H20N4O3. The van der Waals surface area contributed by atoms with Crippen molar-refractivity contribution in [3.8, 4) is 0 Å². The quantitative estimate of drug-likeness (QED) is 0.283. The van der Waals surface area contributed by atoms with Crippen LogP contribution < -0.4 is 5.43 Å². The van der Waals surface area contributed by atoms with Gasteiger partial charge in [0.2, 0.25) is 0 Å². The number of aryl methyl sites for hydroxylation is 1. The summed E-state index contributed by atoms with van der Waals surface area (Å²) in [6.45, 7) is 2.79. The molecule has 7 nitrogen and oxygen atoms in total. The van der Waals surface area contributed by atoms with Gasteiger partial charge in [0.05, 0.1) is 11.1 Å². The first kappa shape index (κ1) is 20.0. The van der Waals surface area contributed by atoms with Crippen molar-refractivity contribution in [1.29, 1.82) is 0 Å². The van der Waals surface area contributed by atoms with Crippen LogP contribution in [0.1, 0.15) is 27.0 Å². The third kappa shape index (κ3) is 4.51. The van der Waals surface area contributed by atoms with Crippen molar-refractivity contribution < 1.29 is 9.72 Å². The maximum atomic E-state index is 12.3.